The van der Waals surface area contributed by atoms with E-state index in [2.05, 4.69) is 0 Å². The fraction of sp³-hybridized carbons (Fsp3) is 0.353. The summed E-state index contributed by atoms with van der Waals surface area (Å²) in [6, 6.07) is 0. The molecule has 8 bridgehead atoms. The van der Waals surface area contributed by atoms with Gasteiger partial charge in [0.2, 0.25) is 0 Å². The van der Waals surface area contributed by atoms with E-state index >= 15 is 0 Å². The van der Waals surface area contributed by atoms with Crippen molar-refractivity contribution in [3.05, 3.63) is 88.7 Å². The molecule has 1 aliphatic heterocycles. The molecule has 45 heavy (non-hydrogen) atoms. The van der Waals surface area contributed by atoms with Crippen LogP contribution in [0.15, 0.2) is 0 Å². The molecule has 5 heterocycles. The minimum absolute atomic E-state index is 0. The number of aromatic nitrogens is 4. The maximum atomic E-state index is 11.5. The fourth-order valence-corrected chi connectivity index (χ4v) is 6.15. The first kappa shape index (κ1) is 33.8. The van der Waals surface area contributed by atoms with Gasteiger partial charge in [-0.3, -0.25) is 9.59 Å². The van der Waals surface area contributed by atoms with Crippen LogP contribution in [0.4, 0.5) is 0 Å². The molecular formula is C34H36N4NiO6-4. The largest absolute Gasteiger partial charge is 0.657 e. The molecule has 1 aliphatic rings. The predicted molar refractivity (Wildman–Crippen MR) is 164 cm³/mol. The molecule has 0 aliphatic carbocycles. The van der Waals surface area contributed by atoms with Crippen LogP contribution in [0.25, 0.3) is 24.3 Å². The van der Waals surface area contributed by atoms with E-state index in [0.29, 0.717) is 55.3 Å². The van der Waals surface area contributed by atoms with Gasteiger partial charge in [0, 0.05) is 29.3 Å². The van der Waals surface area contributed by atoms with Crippen LogP contribution in [0.1, 0.15) is 106 Å². The Morgan fingerprint density at radius 2 is 1.04 bits per heavy atom. The number of fused-ring (bicyclic) bond motifs is 8. The summed E-state index contributed by atoms with van der Waals surface area (Å²) < 4.78 is 0. The Bertz CT molecular complexity index is 2040. The smallest absolute Gasteiger partial charge is 0.303 e. The van der Waals surface area contributed by atoms with Crippen molar-refractivity contribution >= 4 is 36.2 Å². The normalized spacial score (nSPS) is 16.5. The van der Waals surface area contributed by atoms with Crippen LogP contribution in [-0.4, -0.2) is 32.4 Å². The fourth-order valence-electron chi connectivity index (χ4n) is 6.15. The first-order chi connectivity index (χ1) is 20.8. The van der Waals surface area contributed by atoms with E-state index in [0.717, 1.165) is 33.4 Å². The van der Waals surface area contributed by atoms with Crippen LogP contribution in [-0.2, 0) is 38.9 Å². The number of carbonyl (C=O) groups is 2. The summed E-state index contributed by atoms with van der Waals surface area (Å²) in [5.74, 6) is -1.86. The van der Waals surface area contributed by atoms with E-state index in [1.165, 1.54) is 0 Å². The zero-order valence-corrected chi connectivity index (χ0v) is 27.0. The van der Waals surface area contributed by atoms with Crippen LogP contribution in [0.3, 0.4) is 0 Å². The molecule has 4 aromatic heterocycles. The zero-order valence-electron chi connectivity index (χ0n) is 26.0. The second-order valence-corrected chi connectivity index (χ2v) is 11.5. The molecule has 4 aromatic rings. The van der Waals surface area contributed by atoms with Crippen molar-refractivity contribution < 1.29 is 46.5 Å². The van der Waals surface area contributed by atoms with Crippen molar-refractivity contribution in [1.29, 1.82) is 0 Å². The van der Waals surface area contributed by atoms with Crippen molar-refractivity contribution in [1.82, 2.24) is 19.9 Å². The third kappa shape index (κ3) is 6.52. The molecule has 0 saturated carbocycles. The van der Waals surface area contributed by atoms with Gasteiger partial charge in [-0.25, -0.2) is 0 Å². The molecular weight excluding hydrogens is 619 g/mol. The van der Waals surface area contributed by atoms with Gasteiger partial charge in [0.25, 0.3) is 0 Å². The minimum Gasteiger partial charge on any atom is -0.657 e. The quantitative estimate of drug-likeness (QED) is 0.173. The molecule has 0 radical (unpaired) electrons. The van der Waals surface area contributed by atoms with Crippen molar-refractivity contribution in [3.63, 3.8) is 0 Å². The van der Waals surface area contributed by atoms with Gasteiger partial charge in [0.1, 0.15) is 0 Å². The summed E-state index contributed by atoms with van der Waals surface area (Å²) in [6.07, 6.45) is 5.93. The molecule has 0 saturated heterocycles. The van der Waals surface area contributed by atoms with Crippen LogP contribution in [0.5, 0.6) is 0 Å². The first-order valence-electron chi connectivity index (χ1n) is 14.6. The Kier molecular flexibility index (Phi) is 9.87. The third-order valence-corrected chi connectivity index (χ3v) is 8.49. The topological polar surface area (TPSA) is 171 Å². The van der Waals surface area contributed by atoms with Gasteiger partial charge in [-0.1, -0.05) is 57.7 Å². The summed E-state index contributed by atoms with van der Waals surface area (Å²) in [6.45, 7) is 10.9. The molecule has 2 atom stereocenters. The number of hydrogen-bond acceptors (Lipinski definition) is 4. The Morgan fingerprint density at radius 3 is 1.64 bits per heavy atom. The maximum Gasteiger partial charge on any atom is 0.303 e. The van der Waals surface area contributed by atoms with E-state index < -0.39 is 24.1 Å². The molecule has 4 N–H and O–H groups in total. The Balaban J connectivity index is 0.00000461. The zero-order chi connectivity index (χ0) is 32.0. The summed E-state index contributed by atoms with van der Waals surface area (Å²) >= 11 is 0. The molecule has 242 valence electrons. The molecule has 0 fully saturated rings. The van der Waals surface area contributed by atoms with Gasteiger partial charge < -0.3 is 40.4 Å². The summed E-state index contributed by atoms with van der Waals surface area (Å²) in [5, 5.41) is 42.7. The molecule has 10 nitrogen and oxygen atoms in total. The first-order valence-corrected chi connectivity index (χ1v) is 14.6. The Labute approximate surface area is 270 Å². The van der Waals surface area contributed by atoms with E-state index in [4.69, 9.17) is 19.9 Å². The number of carboxylic acid groups (broad SMARTS) is 2. The number of aliphatic hydroxyl groups is 2. The number of carboxylic acids is 2. The van der Waals surface area contributed by atoms with E-state index in [9.17, 15) is 30.0 Å². The van der Waals surface area contributed by atoms with E-state index in [-0.39, 0.29) is 42.2 Å². The molecule has 5 rings (SSSR count). The van der Waals surface area contributed by atoms with Gasteiger partial charge in [-0.05, 0) is 65.5 Å². The van der Waals surface area contributed by atoms with Crippen molar-refractivity contribution in [2.24, 2.45) is 0 Å². The van der Waals surface area contributed by atoms with Gasteiger partial charge in [0.15, 0.2) is 0 Å². The molecule has 11 heteroatoms. The molecule has 0 aromatic carbocycles. The monoisotopic (exact) mass is 654 g/mol. The van der Waals surface area contributed by atoms with Crippen LogP contribution in [0, 0.1) is 27.7 Å². The van der Waals surface area contributed by atoms with E-state index in [1.54, 1.807) is 26.0 Å². The third-order valence-electron chi connectivity index (χ3n) is 8.49. The van der Waals surface area contributed by atoms with Crippen molar-refractivity contribution in [3.8, 4) is 0 Å². The van der Waals surface area contributed by atoms with Crippen molar-refractivity contribution in [2.75, 3.05) is 0 Å². The van der Waals surface area contributed by atoms with Crippen LogP contribution < -0.4 is 41.3 Å². The molecule has 2 unspecified atom stereocenters. The van der Waals surface area contributed by atoms with Gasteiger partial charge >= 0.3 is 11.9 Å². The Morgan fingerprint density at radius 1 is 0.578 bits per heavy atom. The second kappa shape index (κ2) is 13.1. The minimum atomic E-state index is -0.931. The number of nitrogens with zero attached hydrogens (tertiary/aromatic N) is 4. The summed E-state index contributed by atoms with van der Waals surface area (Å²) in [5.41, 5.74) is 8.32. The van der Waals surface area contributed by atoms with Crippen molar-refractivity contribution in [2.45, 2.75) is 79.4 Å². The van der Waals surface area contributed by atoms with Crippen LogP contribution in [0.2, 0.25) is 0 Å². The van der Waals surface area contributed by atoms with Gasteiger partial charge in [-0.2, -0.15) is 0 Å². The SMILES string of the molecule is Cc1c2[n-]c(c1CCC(=O)O)/C=c1\[n-]/c(c(C)c1CCC(=O)O)=C\c1[n-]c(c(C)c1C(C)O)/C=c1\[n-]/c(c(C)c1C(C)O)=C\2.[Ni]. The summed E-state index contributed by atoms with van der Waals surface area (Å²) in [4.78, 5) is 42.6. The number of hydrogen-bond donors (Lipinski definition) is 4. The van der Waals surface area contributed by atoms with E-state index in [1.807, 2.05) is 39.8 Å². The standard InChI is InChI=1S/C34H36N4O6.Ni/c1-15-21(7-9-31(41)42)27-14-28-22(8-10-32(43)44)16(2)24(36-28)12-29-34(20(6)40)18(4)26(38-29)13-30-33(19(5)39)17(3)25(37-30)11-23(15)35-27;/h11-14,19-20,39-40H,7-10H2,1-6H3,(H,41,42)(H,43,44);/q-4;/b23-11?,24-12-,25-11-,26-13?,27-14?,28-14-,29-12?,30-13-;. The number of aliphatic hydroxyl groups excluding tert-OH is 2. The number of rotatable bonds is 8. The van der Waals surface area contributed by atoms with Crippen LogP contribution >= 0.6 is 0 Å². The second-order valence-electron chi connectivity index (χ2n) is 11.5. The maximum absolute atomic E-state index is 11.5. The number of aliphatic carboxylic acids is 2. The Hall–Kier alpha value is -4.05. The predicted octanol–water partition coefficient (Wildman–Crippen LogP) is 0.516. The summed E-state index contributed by atoms with van der Waals surface area (Å²) in [7, 11) is 0. The molecule has 0 spiro atoms. The average Bonchev–Trinajstić information content (AvgIpc) is 3.59. The van der Waals surface area contributed by atoms with Gasteiger partial charge in [-0.15, -0.1) is 44.2 Å². The molecule has 0 amide bonds. The average molecular weight is 655 g/mol. The van der Waals surface area contributed by atoms with Gasteiger partial charge in [0.05, 0.1) is 12.2 Å².